The zero-order chi connectivity index (χ0) is 20.4. The lowest BCUT2D eigenvalue weighted by molar-refractivity contribution is 0.0226. The summed E-state index contributed by atoms with van der Waals surface area (Å²) < 4.78 is 5.62. The van der Waals surface area contributed by atoms with E-state index in [-0.39, 0.29) is 6.09 Å². The molecule has 0 aromatic heterocycles. The van der Waals surface area contributed by atoms with Crippen LogP contribution in [0.25, 0.3) is 0 Å². The Morgan fingerprint density at radius 1 is 0.857 bits per heavy atom. The summed E-state index contributed by atoms with van der Waals surface area (Å²) in [5.74, 6) is 0. The molecule has 0 aliphatic carbocycles. The number of hydrogen-bond donors (Lipinski definition) is 0. The topological polar surface area (TPSA) is 32.8 Å². The van der Waals surface area contributed by atoms with E-state index >= 15 is 0 Å². The minimum Gasteiger partial charge on any atom is -0.444 e. The number of rotatable bonds is 9. The molecule has 152 valence electrons. The predicted molar refractivity (Wildman–Crippen MR) is 115 cm³/mol. The maximum absolute atomic E-state index is 12.7. The maximum atomic E-state index is 12.7. The van der Waals surface area contributed by atoms with Gasteiger partial charge in [-0.3, -0.25) is 4.90 Å². The first-order chi connectivity index (χ1) is 13.4. The van der Waals surface area contributed by atoms with E-state index in [0.717, 1.165) is 31.6 Å². The third-order valence-corrected chi connectivity index (χ3v) is 4.47. The lowest BCUT2D eigenvalue weighted by Crippen LogP contribution is -2.38. The Labute approximate surface area is 170 Å². The van der Waals surface area contributed by atoms with Gasteiger partial charge in [-0.2, -0.15) is 0 Å². The Bertz CT molecular complexity index is 696. The van der Waals surface area contributed by atoms with Gasteiger partial charge in [-0.05, 0) is 44.9 Å². The Morgan fingerprint density at radius 2 is 1.39 bits per heavy atom. The van der Waals surface area contributed by atoms with Crippen LogP contribution < -0.4 is 0 Å². The molecular weight excluding hydrogens is 348 g/mol. The van der Waals surface area contributed by atoms with Crippen LogP contribution in [0.4, 0.5) is 4.79 Å². The molecule has 4 heteroatoms. The highest BCUT2D eigenvalue weighted by molar-refractivity contribution is 5.68. The van der Waals surface area contributed by atoms with Gasteiger partial charge in [-0.25, -0.2) is 4.79 Å². The number of hydrogen-bond acceptors (Lipinski definition) is 3. The molecule has 0 radical (unpaired) electrons. The van der Waals surface area contributed by atoms with E-state index in [1.807, 2.05) is 62.1 Å². The molecule has 0 aliphatic heterocycles. The van der Waals surface area contributed by atoms with Crippen molar-refractivity contribution < 1.29 is 9.53 Å². The molecule has 0 heterocycles. The smallest absolute Gasteiger partial charge is 0.410 e. The summed E-state index contributed by atoms with van der Waals surface area (Å²) in [7, 11) is 0. The predicted octanol–water partition coefficient (Wildman–Crippen LogP) is 5.34. The molecule has 0 spiro atoms. The fourth-order valence-corrected chi connectivity index (χ4v) is 3.04. The van der Waals surface area contributed by atoms with Crippen molar-refractivity contribution in [2.24, 2.45) is 0 Å². The van der Waals surface area contributed by atoms with Crippen LogP contribution >= 0.6 is 0 Å². The minimum atomic E-state index is -0.491. The van der Waals surface area contributed by atoms with E-state index < -0.39 is 5.60 Å². The van der Waals surface area contributed by atoms with E-state index in [1.165, 1.54) is 5.56 Å². The number of carbonyl (C=O) groups is 1. The highest BCUT2D eigenvalue weighted by atomic mass is 16.6. The Morgan fingerprint density at radius 3 is 1.89 bits per heavy atom. The summed E-state index contributed by atoms with van der Waals surface area (Å²) in [5, 5.41) is 0. The zero-order valence-electron chi connectivity index (χ0n) is 17.7. The van der Waals surface area contributed by atoms with E-state index in [4.69, 9.17) is 4.74 Å². The van der Waals surface area contributed by atoms with Gasteiger partial charge in [-0.1, -0.05) is 67.6 Å². The van der Waals surface area contributed by atoms with Crippen molar-refractivity contribution in [3.63, 3.8) is 0 Å². The van der Waals surface area contributed by atoms with Gasteiger partial charge >= 0.3 is 6.09 Å². The first-order valence-corrected chi connectivity index (χ1v) is 10.2. The van der Waals surface area contributed by atoms with Gasteiger partial charge in [0.15, 0.2) is 0 Å². The summed E-state index contributed by atoms with van der Waals surface area (Å²) >= 11 is 0. The van der Waals surface area contributed by atoms with E-state index in [2.05, 4.69) is 36.1 Å². The number of nitrogens with zero attached hydrogens (tertiary/aromatic N) is 2. The standard InChI is InChI=1S/C24H34N2O2/c1-5-25(19-21-13-8-6-9-14-21)17-12-18-26(23(27)28-24(2,3)4)20-22-15-10-7-11-16-22/h6-11,13-16H,5,12,17-20H2,1-4H3. The molecular formula is C24H34N2O2. The highest BCUT2D eigenvalue weighted by Crippen LogP contribution is 2.14. The number of ether oxygens (including phenoxy) is 1. The Hall–Kier alpha value is -2.33. The van der Waals surface area contributed by atoms with Crippen LogP contribution in [0.5, 0.6) is 0 Å². The van der Waals surface area contributed by atoms with Crippen LogP contribution in [0.2, 0.25) is 0 Å². The van der Waals surface area contributed by atoms with Crippen LogP contribution in [0.3, 0.4) is 0 Å². The van der Waals surface area contributed by atoms with Gasteiger partial charge in [0.05, 0.1) is 0 Å². The van der Waals surface area contributed by atoms with Crippen molar-refractivity contribution in [3.05, 3.63) is 71.8 Å². The first-order valence-electron chi connectivity index (χ1n) is 10.2. The van der Waals surface area contributed by atoms with Crippen LogP contribution in [0.1, 0.15) is 45.2 Å². The second-order valence-electron chi connectivity index (χ2n) is 8.10. The minimum absolute atomic E-state index is 0.248. The normalized spacial score (nSPS) is 11.5. The first kappa shape index (κ1) is 22.0. The monoisotopic (exact) mass is 382 g/mol. The summed E-state index contributed by atoms with van der Waals surface area (Å²) in [6.07, 6.45) is 0.662. The van der Waals surface area contributed by atoms with E-state index in [9.17, 15) is 4.79 Å². The molecule has 0 fully saturated rings. The highest BCUT2D eigenvalue weighted by Gasteiger charge is 2.22. The SMILES string of the molecule is CCN(CCCN(Cc1ccccc1)C(=O)OC(C)(C)C)Cc1ccccc1. The number of carbonyl (C=O) groups excluding carboxylic acids is 1. The fourth-order valence-electron chi connectivity index (χ4n) is 3.04. The van der Waals surface area contributed by atoms with Crippen LogP contribution in [-0.4, -0.2) is 41.1 Å². The van der Waals surface area contributed by atoms with E-state index in [1.54, 1.807) is 0 Å². The van der Waals surface area contributed by atoms with Crippen molar-refractivity contribution in [1.82, 2.24) is 9.80 Å². The van der Waals surface area contributed by atoms with Gasteiger partial charge in [0.25, 0.3) is 0 Å². The molecule has 0 bridgehead atoms. The summed E-state index contributed by atoms with van der Waals surface area (Å²) in [4.78, 5) is 16.9. The van der Waals surface area contributed by atoms with Gasteiger partial charge in [0.2, 0.25) is 0 Å². The van der Waals surface area contributed by atoms with Crippen molar-refractivity contribution in [2.45, 2.75) is 52.8 Å². The molecule has 2 rings (SSSR count). The second kappa shape index (κ2) is 10.9. The van der Waals surface area contributed by atoms with Gasteiger partial charge < -0.3 is 9.64 Å². The summed E-state index contributed by atoms with van der Waals surface area (Å²) in [5.41, 5.74) is 1.94. The molecule has 28 heavy (non-hydrogen) atoms. The number of benzene rings is 2. The third-order valence-electron chi connectivity index (χ3n) is 4.47. The fraction of sp³-hybridized carbons (Fsp3) is 0.458. The molecule has 0 atom stereocenters. The van der Waals surface area contributed by atoms with Crippen molar-refractivity contribution >= 4 is 6.09 Å². The van der Waals surface area contributed by atoms with Gasteiger partial charge in [0.1, 0.15) is 5.60 Å². The van der Waals surface area contributed by atoms with Crippen LogP contribution in [-0.2, 0) is 17.8 Å². The molecule has 0 saturated heterocycles. The van der Waals surface area contributed by atoms with Crippen LogP contribution in [0.15, 0.2) is 60.7 Å². The summed E-state index contributed by atoms with van der Waals surface area (Å²) in [6, 6.07) is 20.6. The zero-order valence-corrected chi connectivity index (χ0v) is 17.7. The molecule has 0 N–H and O–H groups in total. The molecule has 2 aromatic carbocycles. The Kier molecular flexibility index (Phi) is 8.52. The summed E-state index contributed by atoms with van der Waals surface area (Å²) in [6.45, 7) is 12.0. The second-order valence-corrected chi connectivity index (χ2v) is 8.10. The molecule has 0 saturated carbocycles. The third kappa shape index (κ3) is 8.13. The molecule has 0 aliphatic rings. The Balaban J connectivity index is 1.93. The van der Waals surface area contributed by atoms with Crippen LogP contribution in [0, 0.1) is 0 Å². The average molecular weight is 383 g/mol. The lowest BCUT2D eigenvalue weighted by Gasteiger charge is -2.28. The largest absolute Gasteiger partial charge is 0.444 e. The lowest BCUT2D eigenvalue weighted by atomic mass is 10.2. The van der Waals surface area contributed by atoms with Gasteiger partial charge in [-0.15, -0.1) is 0 Å². The molecule has 2 aromatic rings. The maximum Gasteiger partial charge on any atom is 0.410 e. The molecule has 0 unspecified atom stereocenters. The number of amides is 1. The molecule has 1 amide bonds. The van der Waals surface area contributed by atoms with Crippen molar-refractivity contribution in [3.8, 4) is 0 Å². The average Bonchev–Trinajstić information content (AvgIpc) is 2.66. The molecule has 4 nitrogen and oxygen atoms in total. The van der Waals surface area contributed by atoms with Crippen molar-refractivity contribution in [1.29, 1.82) is 0 Å². The van der Waals surface area contributed by atoms with Crippen molar-refractivity contribution in [2.75, 3.05) is 19.6 Å². The van der Waals surface area contributed by atoms with Gasteiger partial charge in [0, 0.05) is 26.2 Å². The van der Waals surface area contributed by atoms with E-state index in [0.29, 0.717) is 13.1 Å². The quantitative estimate of drug-likeness (QED) is 0.587.